The zero-order chi connectivity index (χ0) is 16.9. The van der Waals surface area contributed by atoms with Gasteiger partial charge in [-0.05, 0) is 36.8 Å². The van der Waals surface area contributed by atoms with Crippen LogP contribution in [0.2, 0.25) is 5.15 Å². The molecule has 120 valence electrons. The molecule has 5 heteroatoms. The molecule has 1 aromatic heterocycles. The highest BCUT2D eigenvalue weighted by Crippen LogP contribution is 2.22. The molecule has 3 aromatic rings. The third kappa shape index (κ3) is 3.60. The molecule has 0 aliphatic heterocycles. The van der Waals surface area contributed by atoms with Gasteiger partial charge in [0.2, 0.25) is 0 Å². The van der Waals surface area contributed by atoms with Crippen molar-refractivity contribution in [3.8, 4) is 0 Å². The molecule has 0 aliphatic rings. The Bertz CT molecular complexity index is 908. The standard InChI is InChI=1S/C19H15ClN2O2/c1-2-24-19(23)14-9-10-15-16(12-14)21-17(22-18(15)20)11-8-13-6-4-3-5-7-13/h3-12H,2H2,1H3/b11-8+. The van der Waals surface area contributed by atoms with Crippen LogP contribution in [-0.2, 0) is 4.74 Å². The maximum atomic E-state index is 11.9. The normalized spacial score (nSPS) is 11.1. The van der Waals surface area contributed by atoms with Crippen LogP contribution in [0.25, 0.3) is 23.1 Å². The fourth-order valence-corrected chi connectivity index (χ4v) is 2.51. The van der Waals surface area contributed by atoms with Crippen LogP contribution < -0.4 is 0 Å². The Labute approximate surface area is 144 Å². The minimum Gasteiger partial charge on any atom is -0.462 e. The summed E-state index contributed by atoms with van der Waals surface area (Å²) in [6.07, 6.45) is 3.70. The van der Waals surface area contributed by atoms with Gasteiger partial charge in [0.1, 0.15) is 5.15 Å². The number of hydrogen-bond acceptors (Lipinski definition) is 4. The molecule has 0 unspecified atom stereocenters. The van der Waals surface area contributed by atoms with Gasteiger partial charge in [-0.15, -0.1) is 0 Å². The summed E-state index contributed by atoms with van der Waals surface area (Å²) in [6, 6.07) is 14.9. The van der Waals surface area contributed by atoms with E-state index in [4.69, 9.17) is 16.3 Å². The summed E-state index contributed by atoms with van der Waals surface area (Å²) < 4.78 is 5.01. The Kier molecular flexibility index (Phi) is 4.87. The Balaban J connectivity index is 1.98. The van der Waals surface area contributed by atoms with Gasteiger partial charge < -0.3 is 4.74 Å². The van der Waals surface area contributed by atoms with E-state index < -0.39 is 0 Å². The number of benzene rings is 2. The Morgan fingerprint density at radius 1 is 1.12 bits per heavy atom. The molecule has 0 radical (unpaired) electrons. The summed E-state index contributed by atoms with van der Waals surface area (Å²) in [6.45, 7) is 2.09. The maximum Gasteiger partial charge on any atom is 0.338 e. The topological polar surface area (TPSA) is 52.1 Å². The van der Waals surface area contributed by atoms with Crippen LogP contribution in [0.3, 0.4) is 0 Å². The molecule has 4 nitrogen and oxygen atoms in total. The van der Waals surface area contributed by atoms with Crippen molar-refractivity contribution < 1.29 is 9.53 Å². The van der Waals surface area contributed by atoms with Gasteiger partial charge in [-0.2, -0.15) is 0 Å². The Morgan fingerprint density at radius 2 is 1.92 bits per heavy atom. The number of carbonyl (C=O) groups excluding carboxylic acids is 1. The molecule has 0 fully saturated rings. The molecule has 0 N–H and O–H groups in total. The second-order valence-corrected chi connectivity index (χ2v) is 5.43. The van der Waals surface area contributed by atoms with E-state index in [0.29, 0.717) is 34.1 Å². The van der Waals surface area contributed by atoms with Crippen LogP contribution in [0.1, 0.15) is 28.7 Å². The van der Waals surface area contributed by atoms with Crippen molar-refractivity contribution in [1.29, 1.82) is 0 Å². The number of halogens is 1. The lowest BCUT2D eigenvalue weighted by molar-refractivity contribution is 0.0526. The average molecular weight is 339 g/mol. The van der Waals surface area contributed by atoms with Gasteiger partial charge in [0.15, 0.2) is 5.82 Å². The van der Waals surface area contributed by atoms with Gasteiger partial charge in [0.25, 0.3) is 0 Å². The fraction of sp³-hybridized carbons (Fsp3) is 0.105. The van der Waals surface area contributed by atoms with Gasteiger partial charge in [0.05, 0.1) is 17.7 Å². The van der Waals surface area contributed by atoms with E-state index in [1.807, 2.05) is 36.4 Å². The number of ether oxygens (including phenoxy) is 1. The van der Waals surface area contributed by atoms with E-state index in [2.05, 4.69) is 9.97 Å². The van der Waals surface area contributed by atoms with Gasteiger partial charge >= 0.3 is 5.97 Å². The maximum absolute atomic E-state index is 11.9. The number of carbonyl (C=O) groups is 1. The smallest absolute Gasteiger partial charge is 0.338 e. The predicted octanol–water partition coefficient (Wildman–Crippen LogP) is 4.63. The molecule has 0 amide bonds. The third-order valence-corrected chi connectivity index (χ3v) is 3.69. The zero-order valence-corrected chi connectivity index (χ0v) is 13.8. The lowest BCUT2D eigenvalue weighted by Gasteiger charge is -2.05. The van der Waals surface area contributed by atoms with Gasteiger partial charge in [0, 0.05) is 5.39 Å². The predicted molar refractivity (Wildman–Crippen MR) is 95.9 cm³/mol. The number of hydrogen-bond donors (Lipinski definition) is 0. The highest BCUT2D eigenvalue weighted by Gasteiger charge is 2.10. The second kappa shape index (κ2) is 7.23. The van der Waals surface area contributed by atoms with Crippen molar-refractivity contribution in [2.45, 2.75) is 6.92 Å². The largest absolute Gasteiger partial charge is 0.462 e. The molecule has 0 aliphatic carbocycles. The monoisotopic (exact) mass is 338 g/mol. The van der Waals surface area contributed by atoms with Crippen LogP contribution in [-0.4, -0.2) is 22.5 Å². The highest BCUT2D eigenvalue weighted by molar-refractivity contribution is 6.34. The fourth-order valence-electron chi connectivity index (χ4n) is 2.26. The van der Waals surface area contributed by atoms with E-state index in [-0.39, 0.29) is 5.97 Å². The number of esters is 1. The van der Waals surface area contributed by atoms with E-state index in [1.54, 1.807) is 31.2 Å². The minimum absolute atomic E-state index is 0.326. The quantitative estimate of drug-likeness (QED) is 0.514. The van der Waals surface area contributed by atoms with Gasteiger partial charge in [-0.25, -0.2) is 14.8 Å². The van der Waals surface area contributed by atoms with Gasteiger partial charge in [-0.3, -0.25) is 0 Å². The Morgan fingerprint density at radius 3 is 2.67 bits per heavy atom. The first kappa shape index (κ1) is 16.1. The van der Waals surface area contributed by atoms with E-state index >= 15 is 0 Å². The molecule has 0 bridgehead atoms. The number of rotatable bonds is 4. The first-order valence-electron chi connectivity index (χ1n) is 7.55. The molecular weight excluding hydrogens is 324 g/mol. The van der Waals surface area contributed by atoms with Gasteiger partial charge in [-0.1, -0.05) is 48.0 Å². The van der Waals surface area contributed by atoms with Crippen molar-refractivity contribution >= 4 is 40.6 Å². The first-order valence-corrected chi connectivity index (χ1v) is 7.92. The van der Waals surface area contributed by atoms with Crippen LogP contribution in [0.15, 0.2) is 48.5 Å². The summed E-state index contributed by atoms with van der Waals surface area (Å²) in [5, 5.41) is 1.05. The van der Waals surface area contributed by atoms with E-state index in [9.17, 15) is 4.79 Å². The molecule has 0 spiro atoms. The molecule has 0 saturated heterocycles. The summed E-state index contributed by atoms with van der Waals surface area (Å²) in [4.78, 5) is 20.6. The van der Waals surface area contributed by atoms with Crippen molar-refractivity contribution in [1.82, 2.24) is 9.97 Å². The molecule has 2 aromatic carbocycles. The van der Waals surface area contributed by atoms with Crippen molar-refractivity contribution in [2.24, 2.45) is 0 Å². The molecule has 0 atom stereocenters. The molecule has 0 saturated carbocycles. The van der Waals surface area contributed by atoms with E-state index in [0.717, 1.165) is 5.56 Å². The Hall–Kier alpha value is -2.72. The highest BCUT2D eigenvalue weighted by atomic mass is 35.5. The van der Waals surface area contributed by atoms with Crippen molar-refractivity contribution in [3.05, 3.63) is 70.6 Å². The lowest BCUT2D eigenvalue weighted by Crippen LogP contribution is -2.04. The summed E-state index contributed by atoms with van der Waals surface area (Å²) in [5.74, 6) is 0.105. The lowest BCUT2D eigenvalue weighted by atomic mass is 10.1. The number of fused-ring (bicyclic) bond motifs is 1. The summed E-state index contributed by atoms with van der Waals surface area (Å²) in [5.41, 5.74) is 2.09. The van der Waals surface area contributed by atoms with E-state index in [1.165, 1.54) is 0 Å². The summed E-state index contributed by atoms with van der Waals surface area (Å²) >= 11 is 6.24. The minimum atomic E-state index is -0.379. The number of nitrogens with zero attached hydrogens (tertiary/aromatic N) is 2. The molecule has 1 heterocycles. The average Bonchev–Trinajstić information content (AvgIpc) is 2.60. The van der Waals surface area contributed by atoms with Crippen LogP contribution in [0, 0.1) is 0 Å². The summed E-state index contributed by atoms with van der Waals surface area (Å²) in [7, 11) is 0. The molecular formula is C19H15ClN2O2. The first-order chi connectivity index (χ1) is 11.7. The number of aromatic nitrogens is 2. The second-order valence-electron chi connectivity index (χ2n) is 5.07. The molecule has 24 heavy (non-hydrogen) atoms. The SMILES string of the molecule is CCOC(=O)c1ccc2c(Cl)nc(/C=C/c3ccccc3)nc2c1. The van der Waals surface area contributed by atoms with Crippen molar-refractivity contribution in [2.75, 3.05) is 6.61 Å². The van der Waals surface area contributed by atoms with Crippen molar-refractivity contribution in [3.63, 3.8) is 0 Å². The van der Waals surface area contributed by atoms with Crippen LogP contribution in [0.5, 0.6) is 0 Å². The van der Waals surface area contributed by atoms with Crippen LogP contribution >= 0.6 is 11.6 Å². The third-order valence-electron chi connectivity index (χ3n) is 3.40. The molecule has 3 rings (SSSR count). The zero-order valence-electron chi connectivity index (χ0n) is 13.1. The van der Waals surface area contributed by atoms with Crippen LogP contribution in [0.4, 0.5) is 0 Å².